The fourth-order valence-corrected chi connectivity index (χ4v) is 2.75. The normalized spacial score (nSPS) is 15.5. The molecule has 7 heteroatoms. The van der Waals surface area contributed by atoms with Gasteiger partial charge in [0.2, 0.25) is 0 Å². The topological polar surface area (TPSA) is 64.9 Å². The third-order valence-electron chi connectivity index (χ3n) is 3.35. The van der Waals surface area contributed by atoms with Crippen LogP contribution in [0.1, 0.15) is 12.0 Å². The van der Waals surface area contributed by atoms with Crippen LogP contribution in [0.15, 0.2) is 53.6 Å². The summed E-state index contributed by atoms with van der Waals surface area (Å²) < 4.78 is 21.9. The van der Waals surface area contributed by atoms with Crippen molar-refractivity contribution in [3.05, 3.63) is 59.1 Å². The van der Waals surface area contributed by atoms with E-state index in [1.54, 1.807) is 12.1 Å². The highest BCUT2D eigenvalue weighted by Gasteiger charge is 2.17. The maximum atomic E-state index is 10.7. The van der Waals surface area contributed by atoms with E-state index in [0.29, 0.717) is 10.7 Å². The molecule has 0 spiro atoms. The van der Waals surface area contributed by atoms with E-state index in [9.17, 15) is 4.21 Å². The Labute approximate surface area is 136 Å². The van der Waals surface area contributed by atoms with E-state index >= 15 is 0 Å². The van der Waals surface area contributed by atoms with E-state index in [2.05, 4.69) is 9.82 Å². The van der Waals surface area contributed by atoms with Crippen LogP contribution in [-0.4, -0.2) is 21.0 Å². The lowest BCUT2D eigenvalue weighted by molar-refractivity contribution is 0.570. The van der Waals surface area contributed by atoms with E-state index in [-0.39, 0.29) is 0 Å². The highest BCUT2D eigenvalue weighted by Crippen LogP contribution is 2.24. The van der Waals surface area contributed by atoms with Crippen molar-refractivity contribution >= 4 is 40.0 Å². The van der Waals surface area contributed by atoms with Gasteiger partial charge in [0.15, 0.2) is 0 Å². The van der Waals surface area contributed by atoms with Gasteiger partial charge in [0.1, 0.15) is 0 Å². The fraction of sp³-hybridized carbons (Fsp3) is 0.133. The van der Waals surface area contributed by atoms with Gasteiger partial charge in [-0.1, -0.05) is 23.7 Å². The van der Waals surface area contributed by atoms with Crippen LogP contribution in [0, 0.1) is 0 Å². The van der Waals surface area contributed by atoms with Crippen molar-refractivity contribution < 1.29 is 8.76 Å². The molecule has 1 unspecified atom stereocenters. The van der Waals surface area contributed by atoms with Gasteiger partial charge in [-0.15, -0.1) is 0 Å². The minimum Gasteiger partial charge on any atom is -0.289 e. The molecule has 114 valence electrons. The smallest absolute Gasteiger partial charge is 0.259 e. The third-order valence-corrected chi connectivity index (χ3v) is 4.01. The van der Waals surface area contributed by atoms with E-state index in [0.717, 1.165) is 29.9 Å². The van der Waals surface area contributed by atoms with Gasteiger partial charge in [0.25, 0.3) is 11.3 Å². The van der Waals surface area contributed by atoms with Crippen molar-refractivity contribution in [2.24, 2.45) is 5.10 Å². The molecule has 3 rings (SSSR count). The molecule has 0 amide bonds. The number of hydrogen-bond acceptors (Lipinski definition) is 3. The minimum atomic E-state index is -2.06. The highest BCUT2D eigenvalue weighted by molar-refractivity contribution is 7.80. The first-order valence-corrected chi connectivity index (χ1v) is 8.19. The fourth-order valence-electron chi connectivity index (χ4n) is 2.29. The summed E-state index contributed by atoms with van der Waals surface area (Å²) in [5.41, 5.74) is 3.63. The van der Waals surface area contributed by atoms with Gasteiger partial charge >= 0.3 is 0 Å². The predicted octanol–water partition coefficient (Wildman–Crippen LogP) is 3.50. The maximum absolute atomic E-state index is 10.7. The van der Waals surface area contributed by atoms with Crippen LogP contribution in [-0.2, 0) is 11.3 Å². The van der Waals surface area contributed by atoms with E-state index in [4.69, 9.17) is 16.2 Å². The average molecular weight is 336 g/mol. The molecular weight excluding hydrogens is 322 g/mol. The predicted molar refractivity (Wildman–Crippen MR) is 90.8 cm³/mol. The third kappa shape index (κ3) is 3.47. The lowest BCUT2D eigenvalue weighted by Gasteiger charge is -2.13. The second-order valence-corrected chi connectivity index (χ2v) is 5.96. The first-order chi connectivity index (χ1) is 10.6. The number of nitrogens with one attached hydrogen (secondary N) is 1. The van der Waals surface area contributed by atoms with Crippen molar-refractivity contribution in [3.63, 3.8) is 0 Å². The number of rotatable bonds is 4. The number of anilines is 2. The standard InChI is InChI=1S/C15H14ClN3O2S/c16-12-3-1-11(2-4-12)15-9-10-19(17-15)14-7-5-13(6-8-14)18-22(20)21/h1-8,18H,9-10H2,(H,20,21). The quantitative estimate of drug-likeness (QED) is 0.840. The summed E-state index contributed by atoms with van der Waals surface area (Å²) in [6, 6.07) is 14.9. The summed E-state index contributed by atoms with van der Waals surface area (Å²) in [5.74, 6) is 0. The van der Waals surface area contributed by atoms with Crippen LogP contribution >= 0.6 is 11.6 Å². The molecule has 0 fully saturated rings. The van der Waals surface area contributed by atoms with Gasteiger partial charge in [-0.3, -0.25) is 14.3 Å². The number of nitrogens with zero attached hydrogens (tertiary/aromatic N) is 2. The SMILES string of the molecule is O=S(O)Nc1ccc(N2CCC(c3ccc(Cl)cc3)=N2)cc1. The monoisotopic (exact) mass is 335 g/mol. The van der Waals surface area contributed by atoms with E-state index < -0.39 is 11.3 Å². The molecular formula is C15H14ClN3O2S. The highest BCUT2D eigenvalue weighted by atomic mass is 35.5. The Bertz CT molecular complexity index is 717. The van der Waals surface area contributed by atoms with Gasteiger partial charge in [0.05, 0.1) is 11.4 Å². The molecule has 0 radical (unpaired) electrons. The summed E-state index contributed by atoms with van der Waals surface area (Å²) in [6.07, 6.45) is 0.863. The van der Waals surface area contributed by atoms with Crippen LogP contribution in [0.4, 0.5) is 11.4 Å². The van der Waals surface area contributed by atoms with Gasteiger partial charge in [0, 0.05) is 23.7 Å². The number of hydrazone groups is 1. The Kier molecular flexibility index (Phi) is 4.42. The first-order valence-electron chi connectivity index (χ1n) is 6.70. The molecule has 0 bridgehead atoms. The summed E-state index contributed by atoms with van der Waals surface area (Å²) in [6.45, 7) is 0.802. The number of hydrogen-bond donors (Lipinski definition) is 2. The Morgan fingerprint density at radius 1 is 1.14 bits per heavy atom. The van der Waals surface area contributed by atoms with E-state index in [1.165, 1.54) is 0 Å². The van der Waals surface area contributed by atoms with Crippen molar-refractivity contribution in [2.45, 2.75) is 6.42 Å². The zero-order valence-corrected chi connectivity index (χ0v) is 13.1. The van der Waals surface area contributed by atoms with Crippen LogP contribution < -0.4 is 9.73 Å². The molecule has 1 heterocycles. The molecule has 0 aliphatic carbocycles. The lowest BCUT2D eigenvalue weighted by Crippen LogP contribution is -2.11. The van der Waals surface area contributed by atoms with Crippen molar-refractivity contribution in [1.82, 2.24) is 0 Å². The zero-order valence-electron chi connectivity index (χ0n) is 11.6. The Balaban J connectivity index is 1.76. The molecule has 2 aromatic rings. The Morgan fingerprint density at radius 3 is 2.45 bits per heavy atom. The molecule has 2 aromatic carbocycles. The summed E-state index contributed by atoms with van der Waals surface area (Å²) >= 11 is 3.84. The minimum absolute atomic E-state index is 0.589. The second kappa shape index (κ2) is 6.48. The van der Waals surface area contributed by atoms with Crippen molar-refractivity contribution in [1.29, 1.82) is 0 Å². The maximum Gasteiger partial charge on any atom is 0.259 e. The van der Waals surface area contributed by atoms with E-state index in [1.807, 2.05) is 41.4 Å². The van der Waals surface area contributed by atoms with Gasteiger partial charge in [-0.2, -0.15) is 5.10 Å². The Morgan fingerprint density at radius 2 is 1.82 bits per heavy atom. The molecule has 0 saturated heterocycles. The largest absolute Gasteiger partial charge is 0.289 e. The molecule has 0 aromatic heterocycles. The molecule has 1 aliphatic heterocycles. The summed E-state index contributed by atoms with van der Waals surface area (Å²) in [5, 5.41) is 7.26. The molecule has 0 saturated carbocycles. The van der Waals surface area contributed by atoms with Crippen LogP contribution in [0.3, 0.4) is 0 Å². The van der Waals surface area contributed by atoms with Gasteiger partial charge in [-0.25, -0.2) is 4.21 Å². The molecule has 1 aliphatic rings. The van der Waals surface area contributed by atoms with Crippen LogP contribution in [0.2, 0.25) is 5.02 Å². The molecule has 1 atom stereocenters. The van der Waals surface area contributed by atoms with Crippen molar-refractivity contribution in [3.8, 4) is 0 Å². The second-order valence-electron chi connectivity index (χ2n) is 4.82. The van der Waals surface area contributed by atoms with Crippen molar-refractivity contribution in [2.75, 3.05) is 16.3 Å². The van der Waals surface area contributed by atoms with Gasteiger partial charge in [-0.05, 0) is 42.0 Å². The summed E-state index contributed by atoms with van der Waals surface area (Å²) in [7, 11) is 0. The number of halogens is 1. The lowest BCUT2D eigenvalue weighted by atomic mass is 10.1. The Hall–Kier alpha value is -1.89. The van der Waals surface area contributed by atoms with Gasteiger partial charge < -0.3 is 0 Å². The number of benzene rings is 2. The van der Waals surface area contributed by atoms with Crippen LogP contribution in [0.25, 0.3) is 0 Å². The summed E-state index contributed by atoms with van der Waals surface area (Å²) in [4.78, 5) is 0. The zero-order chi connectivity index (χ0) is 15.5. The molecule has 2 N–H and O–H groups in total. The molecule has 22 heavy (non-hydrogen) atoms. The molecule has 5 nitrogen and oxygen atoms in total. The average Bonchev–Trinajstić information content (AvgIpc) is 2.98. The van der Waals surface area contributed by atoms with Crippen LogP contribution in [0.5, 0.6) is 0 Å². The first kappa shape index (κ1) is 15.0.